The average molecular weight is 372 g/mol. The third-order valence-electron chi connectivity index (χ3n) is 3.46. The van der Waals surface area contributed by atoms with Crippen LogP contribution in [0, 0.1) is 0 Å². The molecule has 0 bridgehead atoms. The summed E-state index contributed by atoms with van der Waals surface area (Å²) < 4.78 is 15.1. The number of hydrogen-bond donors (Lipinski definition) is 2. The van der Waals surface area contributed by atoms with Gasteiger partial charge in [0.15, 0.2) is 0 Å². The predicted molar refractivity (Wildman–Crippen MR) is 97.9 cm³/mol. The first-order chi connectivity index (χ1) is 13.0. The Bertz CT molecular complexity index is 804. The molecule has 8 heteroatoms. The number of amides is 2. The number of rotatable bonds is 7. The minimum absolute atomic E-state index is 0.153. The normalized spacial score (nSPS) is 9.85. The summed E-state index contributed by atoms with van der Waals surface area (Å²) in [6.07, 6.45) is 0. The van der Waals surface area contributed by atoms with Crippen molar-refractivity contribution in [3.8, 4) is 11.5 Å². The molecule has 2 amide bonds. The number of esters is 1. The van der Waals surface area contributed by atoms with Crippen LogP contribution in [-0.4, -0.2) is 45.2 Å². The zero-order valence-corrected chi connectivity index (χ0v) is 15.0. The molecular weight excluding hydrogens is 352 g/mol. The van der Waals surface area contributed by atoms with Gasteiger partial charge in [-0.1, -0.05) is 6.07 Å². The van der Waals surface area contributed by atoms with E-state index in [1.54, 1.807) is 43.5 Å². The quantitative estimate of drug-likeness (QED) is 0.435. The minimum Gasteiger partial charge on any atom is -0.497 e. The highest BCUT2D eigenvalue weighted by Gasteiger charge is 2.14. The topological polar surface area (TPSA) is 103 Å². The molecule has 2 aromatic rings. The molecule has 0 aliphatic rings. The molecule has 0 saturated carbocycles. The second kappa shape index (κ2) is 9.81. The fourth-order valence-electron chi connectivity index (χ4n) is 2.12. The van der Waals surface area contributed by atoms with Gasteiger partial charge in [-0.2, -0.15) is 0 Å². The van der Waals surface area contributed by atoms with Crippen molar-refractivity contribution in [2.24, 2.45) is 0 Å². The summed E-state index contributed by atoms with van der Waals surface area (Å²) in [6, 6.07) is 13.1. The maximum atomic E-state index is 11.9. The van der Waals surface area contributed by atoms with E-state index in [9.17, 15) is 14.4 Å². The van der Waals surface area contributed by atoms with Crippen LogP contribution in [-0.2, 0) is 14.3 Å². The maximum Gasteiger partial charge on any atom is 0.337 e. The van der Waals surface area contributed by atoms with Crippen LogP contribution < -0.4 is 20.1 Å². The molecule has 2 N–H and O–H groups in total. The van der Waals surface area contributed by atoms with Gasteiger partial charge >= 0.3 is 17.8 Å². The zero-order chi connectivity index (χ0) is 19.6. The molecule has 0 aliphatic carbocycles. The number of anilines is 1. The minimum atomic E-state index is -0.846. The Balaban J connectivity index is 1.76. The molecule has 0 radical (unpaired) electrons. The molecule has 0 aliphatic heterocycles. The van der Waals surface area contributed by atoms with Gasteiger partial charge in [-0.3, -0.25) is 9.59 Å². The van der Waals surface area contributed by atoms with E-state index >= 15 is 0 Å². The van der Waals surface area contributed by atoms with Crippen LogP contribution in [0.4, 0.5) is 5.69 Å². The lowest BCUT2D eigenvalue weighted by Gasteiger charge is -2.09. The highest BCUT2D eigenvalue weighted by atomic mass is 16.5. The molecule has 0 fully saturated rings. The van der Waals surface area contributed by atoms with Gasteiger partial charge in [0, 0.05) is 5.69 Å². The van der Waals surface area contributed by atoms with Gasteiger partial charge < -0.3 is 24.8 Å². The SMILES string of the molecule is COC(=O)c1cccc(NC(=O)C(=O)NCCOc2ccc(OC)cc2)c1. The van der Waals surface area contributed by atoms with Gasteiger partial charge in [-0.15, -0.1) is 0 Å². The molecule has 0 atom stereocenters. The van der Waals surface area contributed by atoms with E-state index in [1.165, 1.54) is 19.2 Å². The second-order valence-corrected chi connectivity index (χ2v) is 5.31. The molecule has 8 nitrogen and oxygen atoms in total. The number of carbonyl (C=O) groups is 3. The lowest BCUT2D eigenvalue weighted by Crippen LogP contribution is -2.37. The molecular formula is C19H20N2O6. The second-order valence-electron chi connectivity index (χ2n) is 5.31. The number of methoxy groups -OCH3 is 2. The fourth-order valence-corrected chi connectivity index (χ4v) is 2.12. The van der Waals surface area contributed by atoms with E-state index < -0.39 is 17.8 Å². The van der Waals surface area contributed by atoms with Crippen molar-refractivity contribution < 1.29 is 28.6 Å². The lowest BCUT2D eigenvalue weighted by atomic mass is 10.2. The molecule has 0 unspecified atom stereocenters. The number of carbonyl (C=O) groups excluding carboxylic acids is 3. The standard InChI is InChI=1S/C19H20N2O6/c1-25-15-6-8-16(9-7-15)27-11-10-20-17(22)18(23)21-14-5-3-4-13(12-14)19(24)26-2/h3-9,12H,10-11H2,1-2H3,(H,20,22)(H,21,23). The van der Waals surface area contributed by atoms with Crippen molar-refractivity contribution in [1.82, 2.24) is 5.32 Å². The van der Waals surface area contributed by atoms with Crippen molar-refractivity contribution in [1.29, 1.82) is 0 Å². The summed E-state index contributed by atoms with van der Waals surface area (Å²) in [7, 11) is 2.83. The number of benzene rings is 2. The summed E-state index contributed by atoms with van der Waals surface area (Å²) in [6.45, 7) is 0.351. The Hall–Kier alpha value is -3.55. The first-order valence-corrected chi connectivity index (χ1v) is 8.08. The monoisotopic (exact) mass is 372 g/mol. The lowest BCUT2D eigenvalue weighted by molar-refractivity contribution is -0.136. The molecule has 2 aromatic carbocycles. The Morgan fingerprint density at radius 2 is 1.63 bits per heavy atom. The van der Waals surface area contributed by atoms with Crippen molar-refractivity contribution in [2.45, 2.75) is 0 Å². The van der Waals surface area contributed by atoms with Crippen LogP contribution in [0.15, 0.2) is 48.5 Å². The third-order valence-corrected chi connectivity index (χ3v) is 3.46. The summed E-state index contributed by atoms with van der Waals surface area (Å²) in [5.41, 5.74) is 0.580. The number of ether oxygens (including phenoxy) is 3. The van der Waals surface area contributed by atoms with Gasteiger partial charge in [-0.05, 0) is 42.5 Å². The molecule has 0 spiro atoms. The Morgan fingerprint density at radius 3 is 2.30 bits per heavy atom. The number of hydrogen-bond acceptors (Lipinski definition) is 6. The summed E-state index contributed by atoms with van der Waals surface area (Å²) in [5, 5.41) is 4.87. The third kappa shape index (κ3) is 6.03. The van der Waals surface area contributed by atoms with Gasteiger partial charge in [0.05, 0.1) is 26.3 Å². The smallest absolute Gasteiger partial charge is 0.337 e. The Morgan fingerprint density at radius 1 is 0.926 bits per heavy atom. The zero-order valence-electron chi connectivity index (χ0n) is 15.0. The van der Waals surface area contributed by atoms with E-state index in [0.717, 1.165) is 0 Å². The van der Waals surface area contributed by atoms with E-state index in [0.29, 0.717) is 17.2 Å². The van der Waals surface area contributed by atoms with Gasteiger partial charge in [0.2, 0.25) is 0 Å². The average Bonchev–Trinajstić information content (AvgIpc) is 2.71. The van der Waals surface area contributed by atoms with Crippen molar-refractivity contribution in [3.05, 3.63) is 54.1 Å². The van der Waals surface area contributed by atoms with E-state index in [1.807, 2.05) is 0 Å². The van der Waals surface area contributed by atoms with Gasteiger partial charge in [0.1, 0.15) is 18.1 Å². The van der Waals surface area contributed by atoms with Gasteiger partial charge in [-0.25, -0.2) is 4.79 Å². The Kier molecular flexibility index (Phi) is 7.18. The van der Waals surface area contributed by atoms with Crippen LogP contribution in [0.2, 0.25) is 0 Å². The molecule has 0 saturated heterocycles. The van der Waals surface area contributed by atoms with E-state index in [2.05, 4.69) is 15.4 Å². The van der Waals surface area contributed by atoms with Crippen LogP contribution in [0.5, 0.6) is 11.5 Å². The molecule has 0 heterocycles. The highest BCUT2D eigenvalue weighted by Crippen LogP contribution is 2.16. The van der Waals surface area contributed by atoms with E-state index in [4.69, 9.17) is 9.47 Å². The van der Waals surface area contributed by atoms with Crippen LogP contribution >= 0.6 is 0 Å². The summed E-state index contributed by atoms with van der Waals surface area (Å²) in [5.74, 6) is -0.859. The van der Waals surface area contributed by atoms with E-state index in [-0.39, 0.29) is 18.7 Å². The van der Waals surface area contributed by atoms with Crippen molar-refractivity contribution in [3.63, 3.8) is 0 Å². The maximum absolute atomic E-state index is 11.9. The van der Waals surface area contributed by atoms with Crippen molar-refractivity contribution in [2.75, 3.05) is 32.7 Å². The van der Waals surface area contributed by atoms with Gasteiger partial charge in [0.25, 0.3) is 0 Å². The first kappa shape index (κ1) is 19.8. The highest BCUT2D eigenvalue weighted by molar-refractivity contribution is 6.39. The number of nitrogens with one attached hydrogen (secondary N) is 2. The Labute approximate surface area is 156 Å². The van der Waals surface area contributed by atoms with Crippen LogP contribution in [0.3, 0.4) is 0 Å². The fraction of sp³-hybridized carbons (Fsp3) is 0.211. The summed E-state index contributed by atoms with van der Waals surface area (Å²) in [4.78, 5) is 35.2. The van der Waals surface area contributed by atoms with Crippen LogP contribution in [0.1, 0.15) is 10.4 Å². The largest absolute Gasteiger partial charge is 0.497 e. The van der Waals surface area contributed by atoms with Crippen molar-refractivity contribution >= 4 is 23.5 Å². The molecule has 142 valence electrons. The first-order valence-electron chi connectivity index (χ1n) is 8.08. The molecule has 0 aromatic heterocycles. The van der Waals surface area contributed by atoms with Crippen LogP contribution in [0.25, 0.3) is 0 Å². The molecule has 27 heavy (non-hydrogen) atoms. The predicted octanol–water partition coefficient (Wildman–Crippen LogP) is 1.62. The molecule has 2 rings (SSSR count). The summed E-state index contributed by atoms with van der Waals surface area (Å²) >= 11 is 0.